The fraction of sp³-hybridized carbons (Fsp3) is 0.643. The molecule has 0 radical (unpaired) electrons. The van der Waals surface area contributed by atoms with Gasteiger partial charge in [-0.2, -0.15) is 0 Å². The largest absolute Gasteiger partial charge is 0.337 e. The lowest BCUT2D eigenvalue weighted by molar-refractivity contribution is 0.0771. The van der Waals surface area contributed by atoms with Gasteiger partial charge in [0.2, 0.25) is 0 Å². The third-order valence-electron chi connectivity index (χ3n) is 3.83. The van der Waals surface area contributed by atoms with Gasteiger partial charge in [0.25, 0.3) is 5.91 Å². The molecule has 0 unspecified atom stereocenters. The minimum Gasteiger partial charge on any atom is -0.337 e. The van der Waals surface area contributed by atoms with E-state index in [-0.39, 0.29) is 18.3 Å². The first-order valence-electron chi connectivity index (χ1n) is 6.96. The zero-order chi connectivity index (χ0) is 12.4. The van der Waals surface area contributed by atoms with Gasteiger partial charge in [0.05, 0.1) is 4.88 Å². The van der Waals surface area contributed by atoms with Crippen LogP contribution in [-0.4, -0.2) is 37.0 Å². The molecule has 0 saturated carbocycles. The number of rotatable bonds is 1. The van der Waals surface area contributed by atoms with Crippen molar-refractivity contribution >= 4 is 29.7 Å². The van der Waals surface area contributed by atoms with E-state index in [0.29, 0.717) is 0 Å². The fourth-order valence-electron chi connectivity index (χ4n) is 2.80. The van der Waals surface area contributed by atoms with Crippen LogP contribution in [0.25, 0.3) is 0 Å². The van der Waals surface area contributed by atoms with E-state index in [0.717, 1.165) is 37.5 Å². The summed E-state index contributed by atoms with van der Waals surface area (Å²) in [5.41, 5.74) is 1.43. The number of nitrogens with zero attached hydrogens (tertiary/aromatic N) is 1. The second kappa shape index (κ2) is 6.73. The Balaban J connectivity index is 0.00000133. The number of amides is 1. The first-order chi connectivity index (χ1) is 8.84. The topological polar surface area (TPSA) is 32.3 Å². The van der Waals surface area contributed by atoms with Crippen molar-refractivity contribution in [3.63, 3.8) is 0 Å². The molecular formula is C14H21ClN2OS. The Bertz CT molecular complexity index is 415. The second-order valence-electron chi connectivity index (χ2n) is 5.16. The smallest absolute Gasteiger partial charge is 0.263 e. The molecule has 1 aliphatic carbocycles. The third kappa shape index (κ3) is 3.30. The van der Waals surface area contributed by atoms with E-state index in [9.17, 15) is 4.79 Å². The lowest BCUT2D eigenvalue weighted by atomic mass is 9.99. The molecule has 1 aromatic heterocycles. The molecule has 3 rings (SSSR count). The maximum absolute atomic E-state index is 12.5. The molecule has 1 amide bonds. The quantitative estimate of drug-likeness (QED) is 0.864. The molecule has 3 nitrogen and oxygen atoms in total. The van der Waals surface area contributed by atoms with Crippen molar-refractivity contribution in [3.8, 4) is 0 Å². The van der Waals surface area contributed by atoms with Crippen molar-refractivity contribution in [2.24, 2.45) is 0 Å². The summed E-state index contributed by atoms with van der Waals surface area (Å²) in [4.78, 5) is 16.9. The van der Waals surface area contributed by atoms with Crippen LogP contribution >= 0.6 is 23.7 Å². The standard InChI is InChI=1S/C14H20N2OS.ClH/c17-14(16-8-3-6-15-7-9-16)13-10-11-4-1-2-5-12(11)18-13;/h10,15H,1-9H2;1H. The zero-order valence-electron chi connectivity index (χ0n) is 11.1. The van der Waals surface area contributed by atoms with Gasteiger partial charge in [-0.05, 0) is 50.3 Å². The summed E-state index contributed by atoms with van der Waals surface area (Å²) < 4.78 is 0. The summed E-state index contributed by atoms with van der Waals surface area (Å²) in [6, 6.07) is 2.15. The van der Waals surface area contributed by atoms with E-state index in [1.54, 1.807) is 11.3 Å². The van der Waals surface area contributed by atoms with E-state index in [1.165, 1.54) is 36.1 Å². The maximum atomic E-state index is 12.5. The molecule has 0 bridgehead atoms. The van der Waals surface area contributed by atoms with Crippen molar-refractivity contribution < 1.29 is 4.79 Å². The molecule has 1 aromatic rings. The van der Waals surface area contributed by atoms with Crippen molar-refractivity contribution in [2.45, 2.75) is 32.1 Å². The fourth-order valence-corrected chi connectivity index (χ4v) is 4.02. The number of hydrogen-bond acceptors (Lipinski definition) is 3. The van der Waals surface area contributed by atoms with Crippen LogP contribution in [0, 0.1) is 0 Å². The Hall–Kier alpha value is -0.580. The van der Waals surface area contributed by atoms with Gasteiger partial charge in [-0.15, -0.1) is 23.7 Å². The molecule has 1 aliphatic heterocycles. The highest BCUT2D eigenvalue weighted by atomic mass is 35.5. The summed E-state index contributed by atoms with van der Waals surface area (Å²) in [6.45, 7) is 3.71. The van der Waals surface area contributed by atoms with Gasteiger partial charge in [0.1, 0.15) is 0 Å². The van der Waals surface area contributed by atoms with Crippen LogP contribution < -0.4 is 5.32 Å². The molecule has 2 aliphatic rings. The first kappa shape index (κ1) is 14.8. The summed E-state index contributed by atoms with van der Waals surface area (Å²) in [5.74, 6) is 0.248. The second-order valence-corrected chi connectivity index (χ2v) is 6.30. The minimum absolute atomic E-state index is 0. The van der Waals surface area contributed by atoms with Crippen LogP contribution in [0.5, 0.6) is 0 Å². The Morgan fingerprint density at radius 2 is 2.00 bits per heavy atom. The summed E-state index contributed by atoms with van der Waals surface area (Å²) in [5, 5.41) is 3.34. The highest BCUT2D eigenvalue weighted by Gasteiger charge is 2.21. The van der Waals surface area contributed by atoms with E-state index in [1.807, 2.05) is 4.90 Å². The number of thiophene rings is 1. The summed E-state index contributed by atoms with van der Waals surface area (Å²) >= 11 is 1.73. The molecule has 1 fully saturated rings. The lowest BCUT2D eigenvalue weighted by Gasteiger charge is -2.18. The molecule has 19 heavy (non-hydrogen) atoms. The number of fused-ring (bicyclic) bond motifs is 1. The van der Waals surface area contributed by atoms with Gasteiger partial charge in [-0.1, -0.05) is 0 Å². The SMILES string of the molecule is Cl.O=C(c1cc2c(s1)CCCC2)N1CCCNCC1. The predicted molar refractivity (Wildman–Crippen MR) is 81.6 cm³/mol. The molecule has 106 valence electrons. The highest BCUT2D eigenvalue weighted by molar-refractivity contribution is 7.14. The Labute approximate surface area is 124 Å². The van der Waals surface area contributed by atoms with E-state index in [4.69, 9.17) is 0 Å². The number of carbonyl (C=O) groups excluding carboxylic acids is 1. The molecule has 5 heteroatoms. The van der Waals surface area contributed by atoms with Gasteiger partial charge >= 0.3 is 0 Å². The number of hydrogen-bond donors (Lipinski definition) is 1. The number of aryl methyl sites for hydroxylation is 2. The van der Waals surface area contributed by atoms with Gasteiger partial charge in [-0.3, -0.25) is 4.79 Å². The van der Waals surface area contributed by atoms with Crippen LogP contribution in [0.4, 0.5) is 0 Å². The number of carbonyl (C=O) groups is 1. The van der Waals surface area contributed by atoms with Crippen molar-refractivity contribution in [1.29, 1.82) is 0 Å². The van der Waals surface area contributed by atoms with Crippen LogP contribution in [0.1, 0.15) is 39.4 Å². The zero-order valence-corrected chi connectivity index (χ0v) is 12.7. The van der Waals surface area contributed by atoms with Crippen molar-refractivity contribution in [1.82, 2.24) is 10.2 Å². The molecule has 1 N–H and O–H groups in total. The molecular weight excluding hydrogens is 280 g/mol. The predicted octanol–water partition coefficient (Wildman–Crippen LogP) is 2.48. The van der Waals surface area contributed by atoms with Crippen LogP contribution in [-0.2, 0) is 12.8 Å². The Morgan fingerprint density at radius 1 is 1.16 bits per heavy atom. The maximum Gasteiger partial charge on any atom is 0.263 e. The number of halogens is 1. The molecule has 0 aromatic carbocycles. The monoisotopic (exact) mass is 300 g/mol. The van der Waals surface area contributed by atoms with Crippen LogP contribution in [0.3, 0.4) is 0 Å². The normalized spacial score (nSPS) is 19.3. The van der Waals surface area contributed by atoms with Crippen LogP contribution in [0.15, 0.2) is 6.07 Å². The van der Waals surface area contributed by atoms with E-state index < -0.39 is 0 Å². The van der Waals surface area contributed by atoms with Crippen molar-refractivity contribution in [2.75, 3.05) is 26.2 Å². The van der Waals surface area contributed by atoms with E-state index >= 15 is 0 Å². The van der Waals surface area contributed by atoms with Crippen molar-refractivity contribution in [3.05, 3.63) is 21.4 Å². The molecule has 2 heterocycles. The van der Waals surface area contributed by atoms with Gasteiger partial charge < -0.3 is 10.2 Å². The van der Waals surface area contributed by atoms with E-state index in [2.05, 4.69) is 11.4 Å². The lowest BCUT2D eigenvalue weighted by Crippen LogP contribution is -2.33. The highest BCUT2D eigenvalue weighted by Crippen LogP contribution is 2.30. The Morgan fingerprint density at radius 3 is 2.84 bits per heavy atom. The van der Waals surface area contributed by atoms with Crippen LogP contribution in [0.2, 0.25) is 0 Å². The average molecular weight is 301 g/mol. The van der Waals surface area contributed by atoms with Gasteiger partial charge in [0, 0.05) is 24.5 Å². The molecule has 0 atom stereocenters. The third-order valence-corrected chi connectivity index (χ3v) is 5.06. The van der Waals surface area contributed by atoms with Gasteiger partial charge in [0.15, 0.2) is 0 Å². The molecule has 1 saturated heterocycles. The summed E-state index contributed by atoms with van der Waals surface area (Å²) in [7, 11) is 0. The number of nitrogens with one attached hydrogen (secondary N) is 1. The molecule has 0 spiro atoms. The summed E-state index contributed by atoms with van der Waals surface area (Å²) in [6.07, 6.45) is 5.98. The average Bonchev–Trinajstić information content (AvgIpc) is 2.64. The van der Waals surface area contributed by atoms with Gasteiger partial charge in [-0.25, -0.2) is 0 Å². The minimum atomic E-state index is 0. The Kier molecular flexibility index (Phi) is 5.25. The first-order valence-corrected chi connectivity index (χ1v) is 7.78.